The van der Waals surface area contributed by atoms with Gasteiger partial charge in [0.1, 0.15) is 6.04 Å². The number of rotatable bonds is 6. The number of nitrogens with one attached hydrogen (secondary N) is 2. The second-order valence-electron chi connectivity index (χ2n) is 4.57. The molecule has 0 aromatic heterocycles. The largest absolute Gasteiger partial charge is 0.464 e. The average Bonchev–Trinajstić information content (AvgIpc) is 2.46. The maximum Gasteiger partial charge on any atom is 0.416 e. The maximum absolute atomic E-state index is 12.9. The minimum absolute atomic E-state index is 0.118. The number of hydrogen-bond donors (Lipinski definition) is 2. The van der Waals surface area contributed by atoms with Crippen LogP contribution in [0.3, 0.4) is 0 Å². The van der Waals surface area contributed by atoms with Crippen LogP contribution in [0, 0.1) is 0 Å². The van der Waals surface area contributed by atoms with E-state index in [0.29, 0.717) is 6.07 Å². The molecule has 0 saturated carbocycles. The van der Waals surface area contributed by atoms with Crippen molar-refractivity contribution in [2.45, 2.75) is 31.0 Å². The van der Waals surface area contributed by atoms with Gasteiger partial charge >= 0.3 is 12.1 Å². The second kappa shape index (κ2) is 7.18. The molecule has 1 unspecified atom stereocenters. The number of anilines is 1. The molecule has 130 valence electrons. The summed E-state index contributed by atoms with van der Waals surface area (Å²) in [6, 6.07) is 1.32. The predicted molar refractivity (Wildman–Crippen MR) is 77.4 cm³/mol. The van der Waals surface area contributed by atoms with Crippen molar-refractivity contribution in [2.75, 3.05) is 19.0 Å². The van der Waals surface area contributed by atoms with Gasteiger partial charge in [-0.25, -0.2) is 17.9 Å². The number of benzene rings is 1. The first-order valence-electron chi connectivity index (χ1n) is 6.60. The number of alkyl halides is 3. The van der Waals surface area contributed by atoms with E-state index < -0.39 is 38.7 Å². The molecule has 0 aliphatic heterocycles. The van der Waals surface area contributed by atoms with Crippen molar-refractivity contribution < 1.29 is 31.1 Å². The summed E-state index contributed by atoms with van der Waals surface area (Å²) in [5, 5.41) is 2.51. The third kappa shape index (κ3) is 5.10. The Morgan fingerprint density at radius 2 is 1.91 bits per heavy atom. The lowest BCUT2D eigenvalue weighted by Crippen LogP contribution is -2.28. The van der Waals surface area contributed by atoms with Crippen molar-refractivity contribution in [1.29, 1.82) is 0 Å². The van der Waals surface area contributed by atoms with Crippen LogP contribution in [-0.2, 0) is 25.7 Å². The molecule has 6 nitrogen and oxygen atoms in total. The summed E-state index contributed by atoms with van der Waals surface area (Å²) < 4.78 is 69.0. The van der Waals surface area contributed by atoms with E-state index >= 15 is 0 Å². The Kier molecular flexibility index (Phi) is 6.00. The van der Waals surface area contributed by atoms with Gasteiger partial charge in [-0.1, -0.05) is 0 Å². The van der Waals surface area contributed by atoms with Gasteiger partial charge in [0.25, 0.3) is 0 Å². The van der Waals surface area contributed by atoms with Crippen molar-refractivity contribution in [2.24, 2.45) is 0 Å². The third-order valence-electron chi connectivity index (χ3n) is 2.84. The second-order valence-corrected chi connectivity index (χ2v) is 6.46. The van der Waals surface area contributed by atoms with Gasteiger partial charge in [0.2, 0.25) is 10.0 Å². The normalized spacial score (nSPS) is 13.5. The lowest BCUT2D eigenvalue weighted by Gasteiger charge is -2.17. The fourth-order valence-electron chi connectivity index (χ4n) is 1.70. The lowest BCUT2D eigenvalue weighted by molar-refractivity contribution is -0.143. The zero-order valence-corrected chi connectivity index (χ0v) is 13.5. The Morgan fingerprint density at radius 1 is 1.30 bits per heavy atom. The van der Waals surface area contributed by atoms with Gasteiger partial charge in [-0.3, -0.25) is 0 Å². The summed E-state index contributed by atoms with van der Waals surface area (Å²) in [6.45, 7) is 3.10. The van der Waals surface area contributed by atoms with Crippen molar-refractivity contribution in [3.63, 3.8) is 0 Å². The number of sulfonamides is 1. The highest BCUT2D eigenvalue weighted by atomic mass is 32.2. The number of hydrogen-bond acceptors (Lipinski definition) is 5. The Hall–Kier alpha value is -1.81. The van der Waals surface area contributed by atoms with E-state index in [1.54, 1.807) is 6.92 Å². The van der Waals surface area contributed by atoms with E-state index in [1.807, 2.05) is 4.72 Å². The summed E-state index contributed by atoms with van der Waals surface area (Å²) in [5.74, 6) is -0.664. The molecule has 0 bridgehead atoms. The maximum atomic E-state index is 12.9. The van der Waals surface area contributed by atoms with Crippen LogP contribution in [0.4, 0.5) is 18.9 Å². The average molecular weight is 354 g/mol. The Labute approximate surface area is 132 Å². The molecule has 1 aromatic carbocycles. The van der Waals surface area contributed by atoms with Crippen molar-refractivity contribution in [3.05, 3.63) is 23.8 Å². The number of carbonyl (C=O) groups excluding carboxylic acids is 1. The lowest BCUT2D eigenvalue weighted by atomic mass is 10.2. The van der Waals surface area contributed by atoms with E-state index in [9.17, 15) is 26.4 Å². The van der Waals surface area contributed by atoms with Crippen LogP contribution < -0.4 is 10.0 Å². The molecule has 1 rings (SSSR count). The van der Waals surface area contributed by atoms with Crippen LogP contribution in [0.15, 0.2) is 23.1 Å². The molecule has 0 amide bonds. The number of esters is 1. The van der Waals surface area contributed by atoms with Crippen molar-refractivity contribution in [3.8, 4) is 0 Å². The topological polar surface area (TPSA) is 84.5 Å². The summed E-state index contributed by atoms with van der Waals surface area (Å²) in [7, 11) is -2.99. The Morgan fingerprint density at radius 3 is 2.39 bits per heavy atom. The molecule has 10 heteroatoms. The van der Waals surface area contributed by atoms with E-state index in [1.165, 1.54) is 6.92 Å². The zero-order chi connectivity index (χ0) is 17.8. The van der Waals surface area contributed by atoms with Crippen LogP contribution in [0.2, 0.25) is 0 Å². The summed E-state index contributed by atoms with van der Waals surface area (Å²) in [5.41, 5.74) is -1.30. The molecule has 0 spiro atoms. The van der Waals surface area contributed by atoms with Gasteiger partial charge in [-0.15, -0.1) is 0 Å². The van der Waals surface area contributed by atoms with E-state index in [-0.39, 0.29) is 12.3 Å². The monoisotopic (exact) mass is 354 g/mol. The molecule has 0 saturated heterocycles. The van der Waals surface area contributed by atoms with Gasteiger partial charge in [-0.2, -0.15) is 13.2 Å². The van der Waals surface area contributed by atoms with E-state index in [4.69, 9.17) is 4.74 Å². The highest BCUT2D eigenvalue weighted by Gasteiger charge is 2.32. The third-order valence-corrected chi connectivity index (χ3v) is 4.23. The van der Waals surface area contributed by atoms with Gasteiger partial charge in [0.05, 0.1) is 17.1 Å². The molecule has 2 N–H and O–H groups in total. The quantitative estimate of drug-likeness (QED) is 0.763. The Balaban J connectivity index is 3.27. The van der Waals surface area contributed by atoms with Crippen LogP contribution in [0.25, 0.3) is 0 Å². The number of ether oxygens (including phenoxy) is 1. The van der Waals surface area contributed by atoms with Crippen LogP contribution in [0.5, 0.6) is 0 Å². The molecule has 0 aliphatic rings. The molecular weight excluding hydrogens is 337 g/mol. The Bertz CT molecular complexity index is 674. The smallest absolute Gasteiger partial charge is 0.416 e. The minimum Gasteiger partial charge on any atom is -0.464 e. The van der Waals surface area contributed by atoms with Gasteiger partial charge < -0.3 is 10.1 Å². The van der Waals surface area contributed by atoms with E-state index in [2.05, 4.69) is 5.32 Å². The molecule has 0 aliphatic carbocycles. The fraction of sp³-hybridized carbons (Fsp3) is 0.462. The molecule has 0 radical (unpaired) electrons. The first kappa shape index (κ1) is 19.2. The van der Waals surface area contributed by atoms with Crippen LogP contribution in [-0.4, -0.2) is 34.1 Å². The SMILES string of the molecule is CCOC(=O)C(C)Nc1cc(C(F)(F)F)cc(S(=O)(=O)NC)c1. The summed E-state index contributed by atoms with van der Waals surface area (Å²) >= 11 is 0. The van der Waals surface area contributed by atoms with Crippen molar-refractivity contribution >= 4 is 21.7 Å². The minimum atomic E-state index is -4.73. The molecule has 1 aromatic rings. The van der Waals surface area contributed by atoms with Crippen molar-refractivity contribution in [1.82, 2.24) is 4.72 Å². The van der Waals surface area contributed by atoms with Gasteiger partial charge in [-0.05, 0) is 39.1 Å². The van der Waals surface area contributed by atoms with E-state index in [0.717, 1.165) is 19.2 Å². The summed E-state index contributed by atoms with van der Waals surface area (Å²) in [6.07, 6.45) is -4.73. The first-order chi connectivity index (χ1) is 10.5. The van der Waals surface area contributed by atoms with Gasteiger partial charge in [0.15, 0.2) is 0 Å². The highest BCUT2D eigenvalue weighted by molar-refractivity contribution is 7.89. The van der Waals surface area contributed by atoms with Crippen LogP contribution >= 0.6 is 0 Å². The predicted octanol–water partition coefficient (Wildman–Crippen LogP) is 1.98. The van der Waals surface area contributed by atoms with Crippen LogP contribution in [0.1, 0.15) is 19.4 Å². The standard InChI is InChI=1S/C13H17F3N2O4S/c1-4-22-12(19)8(2)18-10-5-9(13(14,15)16)6-11(7-10)23(20,21)17-3/h5-8,17-18H,4H2,1-3H3. The van der Waals surface area contributed by atoms with Gasteiger partial charge in [0, 0.05) is 5.69 Å². The first-order valence-corrected chi connectivity index (χ1v) is 8.08. The molecule has 0 heterocycles. The molecule has 23 heavy (non-hydrogen) atoms. The summed E-state index contributed by atoms with van der Waals surface area (Å²) in [4.78, 5) is 11.0. The molecule has 1 atom stereocenters. The molecular formula is C13H17F3N2O4S. The number of halogens is 3. The number of carbonyl (C=O) groups is 1. The molecule has 0 fully saturated rings. The highest BCUT2D eigenvalue weighted by Crippen LogP contribution is 2.33. The fourth-order valence-corrected chi connectivity index (χ4v) is 2.50. The zero-order valence-electron chi connectivity index (χ0n) is 12.7.